The summed E-state index contributed by atoms with van der Waals surface area (Å²) in [5.41, 5.74) is 0.702. The summed E-state index contributed by atoms with van der Waals surface area (Å²) in [6.07, 6.45) is 1.55. The minimum absolute atomic E-state index is 0.105. The Morgan fingerprint density at radius 1 is 1.29 bits per heavy atom. The predicted octanol–water partition coefficient (Wildman–Crippen LogP) is 4.10. The number of carbonyl (C=O) groups excluding carboxylic acids is 1. The molecule has 124 valence electrons. The van der Waals surface area contributed by atoms with Gasteiger partial charge in [0.05, 0.1) is 34.9 Å². The molecule has 3 rings (SSSR count). The van der Waals surface area contributed by atoms with Gasteiger partial charge in [0.2, 0.25) is 5.82 Å². The van der Waals surface area contributed by atoms with E-state index in [0.717, 1.165) is 0 Å². The maximum atomic E-state index is 11.4. The van der Waals surface area contributed by atoms with E-state index in [0.29, 0.717) is 32.5 Å². The average molecular weight is 384 g/mol. The fourth-order valence-electron chi connectivity index (χ4n) is 1.97. The van der Waals surface area contributed by atoms with Crippen LogP contribution in [0.2, 0.25) is 10.0 Å². The van der Waals surface area contributed by atoms with E-state index in [9.17, 15) is 4.79 Å². The van der Waals surface area contributed by atoms with Crippen molar-refractivity contribution in [2.24, 2.45) is 0 Å². The summed E-state index contributed by atoms with van der Waals surface area (Å²) in [5.74, 6) is 0.779. The van der Waals surface area contributed by atoms with Crippen molar-refractivity contribution in [1.29, 1.82) is 0 Å². The highest BCUT2D eigenvalue weighted by molar-refractivity contribution is 7.99. The Labute approximate surface area is 151 Å². The van der Waals surface area contributed by atoms with E-state index in [1.165, 1.54) is 18.9 Å². The molecule has 1 aromatic carbocycles. The van der Waals surface area contributed by atoms with Crippen molar-refractivity contribution in [3.8, 4) is 17.3 Å². The molecule has 0 unspecified atom stereocenters. The normalized spacial score (nSPS) is 10.8. The fourth-order valence-corrected chi connectivity index (χ4v) is 3.04. The number of thioether (sulfide) groups is 1. The summed E-state index contributed by atoms with van der Waals surface area (Å²) in [6.45, 7) is 0. The van der Waals surface area contributed by atoms with Crippen LogP contribution in [0, 0.1) is 0 Å². The lowest BCUT2D eigenvalue weighted by molar-refractivity contribution is -0.137. The molecule has 0 saturated carbocycles. The number of halogens is 2. The lowest BCUT2D eigenvalue weighted by Crippen LogP contribution is -2.05. The molecule has 0 aliphatic rings. The van der Waals surface area contributed by atoms with Crippen LogP contribution in [0.4, 0.5) is 0 Å². The number of hydrogen-bond donors (Lipinski definition) is 0. The number of nitrogens with zero attached hydrogens (tertiary/aromatic N) is 3. The number of aromatic nitrogens is 3. The molecular weight excluding hydrogens is 373 g/mol. The molecule has 2 heterocycles. The zero-order valence-electron chi connectivity index (χ0n) is 12.4. The van der Waals surface area contributed by atoms with Crippen molar-refractivity contribution >= 4 is 40.9 Å². The van der Waals surface area contributed by atoms with Gasteiger partial charge in [0.15, 0.2) is 10.9 Å². The molecule has 0 radical (unpaired) electrons. The van der Waals surface area contributed by atoms with Crippen LogP contribution in [0.5, 0.6) is 0 Å². The predicted molar refractivity (Wildman–Crippen MR) is 91.8 cm³/mol. The van der Waals surface area contributed by atoms with E-state index >= 15 is 0 Å². The largest absolute Gasteiger partial charge is 0.468 e. The first-order valence-corrected chi connectivity index (χ1v) is 8.48. The smallest absolute Gasteiger partial charge is 0.316 e. The van der Waals surface area contributed by atoms with Gasteiger partial charge in [-0.25, -0.2) is 0 Å². The van der Waals surface area contributed by atoms with Gasteiger partial charge in [-0.15, -0.1) is 10.2 Å². The highest BCUT2D eigenvalue weighted by Crippen LogP contribution is 2.31. The third-order valence-electron chi connectivity index (χ3n) is 3.08. The van der Waals surface area contributed by atoms with Crippen molar-refractivity contribution in [2.75, 3.05) is 12.9 Å². The summed E-state index contributed by atoms with van der Waals surface area (Å²) in [4.78, 5) is 11.4. The van der Waals surface area contributed by atoms with Gasteiger partial charge in [-0.3, -0.25) is 9.36 Å². The maximum Gasteiger partial charge on any atom is 0.316 e. The molecule has 0 bridgehead atoms. The van der Waals surface area contributed by atoms with Crippen molar-refractivity contribution in [1.82, 2.24) is 14.8 Å². The van der Waals surface area contributed by atoms with E-state index in [4.69, 9.17) is 27.6 Å². The summed E-state index contributed by atoms with van der Waals surface area (Å²) < 4.78 is 11.8. The number of hydrogen-bond acceptors (Lipinski definition) is 6. The first kappa shape index (κ1) is 16.9. The lowest BCUT2D eigenvalue weighted by Gasteiger charge is -2.10. The second-order valence-electron chi connectivity index (χ2n) is 4.58. The van der Waals surface area contributed by atoms with Crippen molar-refractivity contribution in [3.05, 3.63) is 46.6 Å². The molecule has 6 nitrogen and oxygen atoms in total. The monoisotopic (exact) mass is 383 g/mol. The number of ether oxygens (including phenoxy) is 1. The van der Waals surface area contributed by atoms with Crippen LogP contribution in [0.3, 0.4) is 0 Å². The molecule has 0 aliphatic heterocycles. The number of carbonyl (C=O) groups is 1. The van der Waals surface area contributed by atoms with Gasteiger partial charge in [0.25, 0.3) is 0 Å². The Bertz CT molecular complexity index is 865. The van der Waals surface area contributed by atoms with Crippen molar-refractivity contribution < 1.29 is 13.9 Å². The molecule has 0 aliphatic carbocycles. The quantitative estimate of drug-likeness (QED) is 0.487. The highest BCUT2D eigenvalue weighted by atomic mass is 35.5. The van der Waals surface area contributed by atoms with Gasteiger partial charge in [-0.1, -0.05) is 35.0 Å². The third-order valence-corrected chi connectivity index (χ3v) is 4.72. The second-order valence-corrected chi connectivity index (χ2v) is 6.34. The van der Waals surface area contributed by atoms with E-state index in [-0.39, 0.29) is 11.7 Å². The molecule has 0 amide bonds. The van der Waals surface area contributed by atoms with Gasteiger partial charge in [-0.2, -0.15) is 0 Å². The third kappa shape index (κ3) is 3.43. The van der Waals surface area contributed by atoms with Crippen LogP contribution in [0.1, 0.15) is 0 Å². The van der Waals surface area contributed by atoms with E-state index in [2.05, 4.69) is 14.9 Å². The van der Waals surface area contributed by atoms with Crippen LogP contribution >= 0.6 is 35.0 Å². The van der Waals surface area contributed by atoms with E-state index < -0.39 is 0 Å². The number of benzene rings is 1. The van der Waals surface area contributed by atoms with Crippen LogP contribution in [0.25, 0.3) is 17.3 Å². The number of furan rings is 1. The molecule has 24 heavy (non-hydrogen) atoms. The Morgan fingerprint density at radius 2 is 2.12 bits per heavy atom. The summed E-state index contributed by atoms with van der Waals surface area (Å²) in [5, 5.41) is 9.65. The van der Waals surface area contributed by atoms with Crippen LogP contribution in [0.15, 0.2) is 46.2 Å². The van der Waals surface area contributed by atoms with Gasteiger partial charge >= 0.3 is 5.97 Å². The minimum atomic E-state index is -0.358. The van der Waals surface area contributed by atoms with Crippen LogP contribution in [-0.2, 0) is 9.53 Å². The minimum Gasteiger partial charge on any atom is -0.468 e. The summed E-state index contributed by atoms with van der Waals surface area (Å²) >= 11 is 13.3. The molecule has 9 heteroatoms. The topological polar surface area (TPSA) is 70.2 Å². The maximum absolute atomic E-state index is 11.4. The van der Waals surface area contributed by atoms with Crippen LogP contribution < -0.4 is 0 Å². The first-order chi connectivity index (χ1) is 11.6. The van der Waals surface area contributed by atoms with Gasteiger partial charge in [0.1, 0.15) is 0 Å². The Kier molecular flexibility index (Phi) is 5.13. The van der Waals surface area contributed by atoms with Crippen molar-refractivity contribution in [3.63, 3.8) is 0 Å². The van der Waals surface area contributed by atoms with Crippen LogP contribution in [-0.4, -0.2) is 33.6 Å². The second kappa shape index (κ2) is 7.29. The number of rotatable bonds is 5. The molecule has 0 N–H and O–H groups in total. The van der Waals surface area contributed by atoms with Gasteiger partial charge < -0.3 is 9.15 Å². The Hall–Kier alpha value is -1.96. The fraction of sp³-hybridized carbons (Fsp3) is 0.133. The molecule has 2 aromatic heterocycles. The van der Waals surface area contributed by atoms with Gasteiger partial charge in [0, 0.05) is 0 Å². The molecule has 0 fully saturated rings. The molecule has 0 saturated heterocycles. The standard InChI is InChI=1S/C15H11Cl2N3O3S/c1-22-13(21)8-24-15-19-18-14(12-3-2-6-23-12)20(15)9-4-5-10(16)11(17)7-9/h2-7H,8H2,1H3. The molecule has 0 spiro atoms. The molecule has 0 atom stereocenters. The Morgan fingerprint density at radius 3 is 2.79 bits per heavy atom. The van der Waals surface area contributed by atoms with E-state index in [1.807, 2.05) is 0 Å². The zero-order valence-corrected chi connectivity index (χ0v) is 14.7. The molecular formula is C15H11Cl2N3O3S. The molecule has 3 aromatic rings. The number of methoxy groups -OCH3 is 1. The SMILES string of the molecule is COC(=O)CSc1nnc(-c2ccco2)n1-c1ccc(Cl)c(Cl)c1. The first-order valence-electron chi connectivity index (χ1n) is 6.74. The summed E-state index contributed by atoms with van der Waals surface area (Å²) in [6, 6.07) is 8.69. The summed E-state index contributed by atoms with van der Waals surface area (Å²) in [7, 11) is 1.33. The van der Waals surface area contributed by atoms with Gasteiger partial charge in [-0.05, 0) is 30.3 Å². The lowest BCUT2D eigenvalue weighted by atomic mass is 10.3. The highest BCUT2D eigenvalue weighted by Gasteiger charge is 2.19. The number of esters is 1. The zero-order chi connectivity index (χ0) is 17.1. The van der Waals surface area contributed by atoms with E-state index in [1.54, 1.807) is 41.2 Å². The average Bonchev–Trinajstić information content (AvgIpc) is 3.24. The van der Waals surface area contributed by atoms with Crippen molar-refractivity contribution in [2.45, 2.75) is 5.16 Å². The Balaban J connectivity index is 2.07.